The fourth-order valence-electron chi connectivity index (χ4n) is 0.907. The Bertz CT molecular complexity index is 151. The quantitative estimate of drug-likeness (QED) is 0.600. The molecule has 0 aliphatic carbocycles. The largest absolute Gasteiger partial charge is 0.356 e. The third kappa shape index (κ3) is 9.86. The van der Waals surface area contributed by atoms with Crippen molar-refractivity contribution in [2.45, 2.75) is 20.3 Å². The molecule has 14 heavy (non-hydrogen) atoms. The van der Waals surface area contributed by atoms with Gasteiger partial charge in [-0.05, 0) is 12.2 Å². The maximum atomic E-state index is 11.2. The Labute approximate surface area is 91.4 Å². The van der Waals surface area contributed by atoms with Crippen LogP contribution in [0.2, 0.25) is 0 Å². The lowest BCUT2D eigenvalue weighted by Gasteiger charge is -2.07. The van der Waals surface area contributed by atoms with Crippen molar-refractivity contribution in [3.63, 3.8) is 0 Å². The topological polar surface area (TPSA) is 41.1 Å². The summed E-state index contributed by atoms with van der Waals surface area (Å²) < 4.78 is 0. The number of rotatable bonds is 8. The maximum absolute atomic E-state index is 11.2. The van der Waals surface area contributed by atoms with Crippen LogP contribution in [0.5, 0.6) is 0 Å². The molecule has 2 N–H and O–H groups in total. The summed E-state index contributed by atoms with van der Waals surface area (Å²) >= 11 is 1.81. The maximum Gasteiger partial charge on any atom is 0.221 e. The Morgan fingerprint density at radius 3 is 2.64 bits per heavy atom. The van der Waals surface area contributed by atoms with Gasteiger partial charge in [0.05, 0.1) is 0 Å². The third-order valence-electron chi connectivity index (χ3n) is 1.72. The molecule has 0 aromatic carbocycles. The van der Waals surface area contributed by atoms with Gasteiger partial charge in [-0.25, -0.2) is 0 Å². The fourth-order valence-corrected chi connectivity index (χ4v) is 1.26. The van der Waals surface area contributed by atoms with Crippen LogP contribution >= 0.6 is 11.8 Å². The second-order valence-corrected chi connectivity index (χ2v) is 4.68. The van der Waals surface area contributed by atoms with E-state index in [4.69, 9.17) is 0 Å². The van der Waals surface area contributed by atoms with Crippen LogP contribution in [0.1, 0.15) is 20.3 Å². The van der Waals surface area contributed by atoms with E-state index in [9.17, 15) is 4.79 Å². The standard InChI is InChI=1S/C10H22N2OS/c1-9(2)8-12-10(13)4-5-11-6-7-14-3/h9,11H,4-8H2,1-3H3,(H,12,13). The zero-order chi connectivity index (χ0) is 10.8. The van der Waals surface area contributed by atoms with Crippen molar-refractivity contribution in [2.24, 2.45) is 5.92 Å². The van der Waals surface area contributed by atoms with Gasteiger partial charge >= 0.3 is 0 Å². The lowest BCUT2D eigenvalue weighted by molar-refractivity contribution is -0.121. The van der Waals surface area contributed by atoms with Crippen molar-refractivity contribution in [3.05, 3.63) is 0 Å². The summed E-state index contributed by atoms with van der Waals surface area (Å²) in [7, 11) is 0. The Hall–Kier alpha value is -0.220. The van der Waals surface area contributed by atoms with Gasteiger partial charge in [-0.3, -0.25) is 4.79 Å². The molecule has 0 radical (unpaired) electrons. The second kappa shape index (κ2) is 9.34. The molecule has 0 saturated heterocycles. The lowest BCUT2D eigenvalue weighted by Crippen LogP contribution is -2.30. The number of carbonyl (C=O) groups is 1. The van der Waals surface area contributed by atoms with Crippen LogP contribution in [-0.2, 0) is 4.79 Å². The van der Waals surface area contributed by atoms with Crippen molar-refractivity contribution in [3.8, 4) is 0 Å². The van der Waals surface area contributed by atoms with Crippen LogP contribution in [0.3, 0.4) is 0 Å². The van der Waals surface area contributed by atoms with Gasteiger partial charge in [-0.15, -0.1) is 0 Å². The number of nitrogens with one attached hydrogen (secondary N) is 2. The SMILES string of the molecule is CSCCNCCC(=O)NCC(C)C. The van der Waals surface area contributed by atoms with E-state index in [1.165, 1.54) is 0 Å². The zero-order valence-corrected chi connectivity index (χ0v) is 10.2. The van der Waals surface area contributed by atoms with Crippen LogP contribution in [-0.4, -0.2) is 37.6 Å². The van der Waals surface area contributed by atoms with E-state index in [0.717, 1.165) is 25.4 Å². The van der Waals surface area contributed by atoms with Crippen LogP contribution in [0.15, 0.2) is 0 Å². The molecule has 0 aliphatic rings. The van der Waals surface area contributed by atoms with Crippen LogP contribution in [0.25, 0.3) is 0 Å². The summed E-state index contributed by atoms with van der Waals surface area (Å²) in [5.74, 6) is 1.78. The highest BCUT2D eigenvalue weighted by atomic mass is 32.2. The molecule has 0 bridgehead atoms. The van der Waals surface area contributed by atoms with Crippen LogP contribution in [0.4, 0.5) is 0 Å². The molecule has 3 nitrogen and oxygen atoms in total. The minimum Gasteiger partial charge on any atom is -0.356 e. The van der Waals surface area contributed by atoms with E-state index < -0.39 is 0 Å². The molecule has 0 aromatic heterocycles. The van der Waals surface area contributed by atoms with Crippen molar-refractivity contribution in [1.29, 1.82) is 0 Å². The molecule has 0 atom stereocenters. The lowest BCUT2D eigenvalue weighted by atomic mass is 10.2. The van der Waals surface area contributed by atoms with Crippen LogP contribution in [0, 0.1) is 5.92 Å². The fraction of sp³-hybridized carbons (Fsp3) is 0.900. The van der Waals surface area contributed by atoms with Crippen molar-refractivity contribution in [1.82, 2.24) is 10.6 Å². The van der Waals surface area contributed by atoms with Crippen molar-refractivity contribution >= 4 is 17.7 Å². The highest BCUT2D eigenvalue weighted by Crippen LogP contribution is 1.89. The van der Waals surface area contributed by atoms with Gasteiger partial charge in [0, 0.05) is 31.8 Å². The molecular formula is C10H22N2OS. The van der Waals surface area contributed by atoms with Crippen molar-refractivity contribution < 1.29 is 4.79 Å². The van der Waals surface area contributed by atoms with Gasteiger partial charge in [0.25, 0.3) is 0 Å². The minimum atomic E-state index is 0.148. The molecular weight excluding hydrogens is 196 g/mol. The molecule has 4 heteroatoms. The van der Waals surface area contributed by atoms with Gasteiger partial charge in [0.15, 0.2) is 0 Å². The van der Waals surface area contributed by atoms with Crippen LogP contribution < -0.4 is 10.6 Å². The summed E-state index contributed by atoms with van der Waals surface area (Å²) in [5.41, 5.74) is 0. The molecule has 0 aromatic rings. The number of carbonyl (C=O) groups excluding carboxylic acids is 1. The molecule has 84 valence electrons. The summed E-state index contributed by atoms with van der Waals surface area (Å²) in [6.45, 7) is 6.74. The average molecular weight is 218 g/mol. The summed E-state index contributed by atoms with van der Waals surface area (Å²) in [6, 6.07) is 0. The highest BCUT2D eigenvalue weighted by molar-refractivity contribution is 7.98. The molecule has 0 aliphatic heterocycles. The van der Waals surface area contributed by atoms with E-state index in [1.54, 1.807) is 0 Å². The Morgan fingerprint density at radius 2 is 2.07 bits per heavy atom. The van der Waals surface area contributed by atoms with Gasteiger partial charge in [-0.2, -0.15) is 11.8 Å². The van der Waals surface area contributed by atoms with Gasteiger partial charge in [0.1, 0.15) is 0 Å². The van der Waals surface area contributed by atoms with Gasteiger partial charge in [-0.1, -0.05) is 13.8 Å². The molecule has 0 rings (SSSR count). The molecule has 0 heterocycles. The van der Waals surface area contributed by atoms with E-state index in [-0.39, 0.29) is 5.91 Å². The number of thioether (sulfide) groups is 1. The Kier molecular flexibility index (Phi) is 9.19. The van der Waals surface area contributed by atoms with E-state index in [2.05, 4.69) is 30.7 Å². The molecule has 0 fully saturated rings. The first-order chi connectivity index (χ1) is 6.66. The predicted octanol–water partition coefficient (Wildman–Crippen LogP) is 1.10. The smallest absolute Gasteiger partial charge is 0.221 e. The molecule has 0 spiro atoms. The summed E-state index contributed by atoms with van der Waals surface area (Å²) in [4.78, 5) is 11.2. The second-order valence-electron chi connectivity index (χ2n) is 3.69. The first kappa shape index (κ1) is 13.8. The Morgan fingerprint density at radius 1 is 1.36 bits per heavy atom. The first-order valence-electron chi connectivity index (χ1n) is 5.13. The normalized spacial score (nSPS) is 10.6. The number of amides is 1. The zero-order valence-electron chi connectivity index (χ0n) is 9.43. The highest BCUT2D eigenvalue weighted by Gasteiger charge is 2.00. The number of hydrogen-bond donors (Lipinski definition) is 2. The summed E-state index contributed by atoms with van der Waals surface area (Å²) in [5, 5.41) is 6.11. The van der Waals surface area contributed by atoms with Gasteiger partial charge in [0.2, 0.25) is 5.91 Å². The van der Waals surface area contributed by atoms with E-state index in [0.29, 0.717) is 12.3 Å². The van der Waals surface area contributed by atoms with Gasteiger partial charge < -0.3 is 10.6 Å². The van der Waals surface area contributed by atoms with E-state index >= 15 is 0 Å². The molecule has 0 saturated carbocycles. The number of hydrogen-bond acceptors (Lipinski definition) is 3. The first-order valence-corrected chi connectivity index (χ1v) is 6.52. The minimum absolute atomic E-state index is 0.148. The van der Waals surface area contributed by atoms with Crippen molar-refractivity contribution in [2.75, 3.05) is 31.6 Å². The average Bonchev–Trinajstić information content (AvgIpc) is 2.14. The van der Waals surface area contributed by atoms with E-state index in [1.807, 2.05) is 11.8 Å². The monoisotopic (exact) mass is 218 g/mol. The molecule has 1 amide bonds. The third-order valence-corrected chi connectivity index (χ3v) is 2.33. The summed E-state index contributed by atoms with van der Waals surface area (Å²) in [6.07, 6.45) is 2.66. The Balaban J connectivity index is 3.18. The predicted molar refractivity (Wildman–Crippen MR) is 63.7 cm³/mol. The molecule has 0 unspecified atom stereocenters.